The van der Waals surface area contributed by atoms with Crippen molar-refractivity contribution in [3.8, 4) is 5.75 Å². The van der Waals surface area contributed by atoms with Crippen LogP contribution >= 0.6 is 0 Å². The van der Waals surface area contributed by atoms with E-state index in [1.54, 1.807) is 61.7 Å². The SMILES string of the molecule is COc1ccc(C2/C(=C(\O)c3cc(C)ccc3C)C(=O)C(=O)N2c2cccc(NC(C)=O)c2)cc1. The van der Waals surface area contributed by atoms with E-state index in [-0.39, 0.29) is 17.2 Å². The predicted octanol–water partition coefficient (Wildman–Crippen LogP) is 4.90. The number of ketones is 1. The second-order valence-electron chi connectivity index (χ2n) is 8.49. The van der Waals surface area contributed by atoms with Crippen molar-refractivity contribution in [1.82, 2.24) is 0 Å². The molecule has 0 radical (unpaired) electrons. The summed E-state index contributed by atoms with van der Waals surface area (Å²) < 4.78 is 5.26. The molecule has 1 heterocycles. The van der Waals surface area contributed by atoms with Gasteiger partial charge < -0.3 is 15.2 Å². The third-order valence-corrected chi connectivity index (χ3v) is 5.97. The Kier molecular flexibility index (Phi) is 6.42. The molecule has 2 N–H and O–H groups in total. The van der Waals surface area contributed by atoms with Crippen LogP contribution in [0.5, 0.6) is 5.75 Å². The highest BCUT2D eigenvalue weighted by atomic mass is 16.5. The van der Waals surface area contributed by atoms with Crippen LogP contribution in [0.4, 0.5) is 11.4 Å². The van der Waals surface area contributed by atoms with Crippen LogP contribution in [0.25, 0.3) is 5.76 Å². The smallest absolute Gasteiger partial charge is 0.300 e. The zero-order valence-corrected chi connectivity index (χ0v) is 20.0. The van der Waals surface area contributed by atoms with Crippen molar-refractivity contribution < 1.29 is 24.2 Å². The van der Waals surface area contributed by atoms with E-state index in [1.807, 2.05) is 26.0 Å². The molecule has 0 bridgehead atoms. The predicted molar refractivity (Wildman–Crippen MR) is 134 cm³/mol. The van der Waals surface area contributed by atoms with Gasteiger partial charge in [-0.1, -0.05) is 35.9 Å². The molecule has 1 atom stereocenters. The van der Waals surface area contributed by atoms with Gasteiger partial charge in [0.2, 0.25) is 5.91 Å². The average molecular weight is 471 g/mol. The molecule has 0 spiro atoms. The molecule has 1 fully saturated rings. The van der Waals surface area contributed by atoms with Crippen LogP contribution < -0.4 is 15.0 Å². The summed E-state index contributed by atoms with van der Waals surface area (Å²) in [7, 11) is 1.55. The Morgan fingerprint density at radius 3 is 2.37 bits per heavy atom. The number of anilines is 2. The number of aryl methyl sites for hydroxylation is 2. The lowest BCUT2D eigenvalue weighted by molar-refractivity contribution is -0.132. The van der Waals surface area contributed by atoms with Crippen LogP contribution in [0.2, 0.25) is 0 Å². The molecule has 1 saturated heterocycles. The van der Waals surface area contributed by atoms with Crippen molar-refractivity contribution in [2.75, 3.05) is 17.3 Å². The number of hydrogen-bond acceptors (Lipinski definition) is 5. The summed E-state index contributed by atoms with van der Waals surface area (Å²) in [5, 5.41) is 14.1. The lowest BCUT2D eigenvalue weighted by Gasteiger charge is -2.26. The Morgan fingerprint density at radius 1 is 1.00 bits per heavy atom. The lowest BCUT2D eigenvalue weighted by Crippen LogP contribution is -2.29. The van der Waals surface area contributed by atoms with Gasteiger partial charge in [-0.2, -0.15) is 0 Å². The third kappa shape index (κ3) is 4.53. The van der Waals surface area contributed by atoms with Crippen molar-refractivity contribution in [3.05, 3.63) is 94.6 Å². The summed E-state index contributed by atoms with van der Waals surface area (Å²) in [6.45, 7) is 5.12. The van der Waals surface area contributed by atoms with Crippen LogP contribution in [0.1, 0.15) is 35.2 Å². The summed E-state index contributed by atoms with van der Waals surface area (Å²) >= 11 is 0. The number of aliphatic hydroxyl groups excluding tert-OH is 1. The van der Waals surface area contributed by atoms with Crippen LogP contribution in [0.3, 0.4) is 0 Å². The number of rotatable bonds is 5. The number of benzene rings is 3. The van der Waals surface area contributed by atoms with Gasteiger partial charge in [-0.05, 0) is 61.4 Å². The molecule has 4 rings (SSSR count). The molecular formula is C28H26N2O5. The number of aliphatic hydroxyl groups is 1. The Hall–Kier alpha value is -4.39. The minimum Gasteiger partial charge on any atom is -0.507 e. The molecule has 0 aliphatic carbocycles. The number of nitrogens with zero attached hydrogens (tertiary/aromatic N) is 1. The lowest BCUT2D eigenvalue weighted by atomic mass is 9.93. The minimum atomic E-state index is -0.881. The standard InChI is InChI=1S/C28H26N2O5/c1-16-8-9-17(2)23(14-16)26(32)24-25(19-10-12-22(35-4)13-11-19)30(28(34)27(24)33)21-7-5-6-20(15-21)29-18(3)31/h5-15,25,32H,1-4H3,(H,29,31)/b26-24+. The van der Waals surface area contributed by atoms with Crippen LogP contribution in [0.15, 0.2) is 72.3 Å². The van der Waals surface area contributed by atoms with Crippen LogP contribution in [-0.4, -0.2) is 29.8 Å². The Bertz CT molecular complexity index is 1360. The highest BCUT2D eigenvalue weighted by Crippen LogP contribution is 2.43. The van der Waals surface area contributed by atoms with E-state index in [0.717, 1.165) is 11.1 Å². The molecule has 7 heteroatoms. The van der Waals surface area contributed by atoms with Gasteiger partial charge in [0.05, 0.1) is 18.7 Å². The molecule has 3 aromatic rings. The summed E-state index contributed by atoms with van der Waals surface area (Å²) in [5.74, 6) is -1.42. The summed E-state index contributed by atoms with van der Waals surface area (Å²) in [6, 6.07) is 18.4. The van der Waals surface area contributed by atoms with Gasteiger partial charge in [0.1, 0.15) is 11.5 Å². The van der Waals surface area contributed by atoms with Crippen LogP contribution in [-0.2, 0) is 14.4 Å². The molecule has 1 aliphatic rings. The first-order valence-corrected chi connectivity index (χ1v) is 11.1. The molecule has 0 aromatic heterocycles. The number of hydrogen-bond donors (Lipinski definition) is 2. The maximum Gasteiger partial charge on any atom is 0.300 e. The zero-order chi connectivity index (χ0) is 25.3. The van der Waals surface area contributed by atoms with Gasteiger partial charge in [-0.3, -0.25) is 19.3 Å². The molecule has 1 unspecified atom stereocenters. The van der Waals surface area contributed by atoms with Gasteiger partial charge in [0, 0.05) is 23.9 Å². The highest BCUT2D eigenvalue weighted by molar-refractivity contribution is 6.51. The van der Waals surface area contributed by atoms with Crippen molar-refractivity contribution in [2.45, 2.75) is 26.8 Å². The highest BCUT2D eigenvalue weighted by Gasteiger charge is 2.47. The topological polar surface area (TPSA) is 95.9 Å². The largest absolute Gasteiger partial charge is 0.507 e. The van der Waals surface area contributed by atoms with E-state index in [9.17, 15) is 19.5 Å². The maximum absolute atomic E-state index is 13.4. The average Bonchev–Trinajstić information content (AvgIpc) is 3.10. The molecule has 2 amide bonds. The van der Waals surface area contributed by atoms with E-state index >= 15 is 0 Å². The fourth-order valence-electron chi connectivity index (χ4n) is 4.27. The molecule has 1 aliphatic heterocycles. The molecule has 0 saturated carbocycles. The first-order chi connectivity index (χ1) is 16.7. The third-order valence-electron chi connectivity index (χ3n) is 5.97. The number of ether oxygens (including phenoxy) is 1. The molecule has 35 heavy (non-hydrogen) atoms. The number of carbonyl (C=O) groups excluding carboxylic acids is 3. The Labute approximate surface area is 203 Å². The monoisotopic (exact) mass is 470 g/mol. The van der Waals surface area contributed by atoms with Crippen LogP contribution in [0, 0.1) is 13.8 Å². The van der Waals surface area contributed by atoms with Crippen molar-refractivity contribution in [1.29, 1.82) is 0 Å². The molecule has 7 nitrogen and oxygen atoms in total. The first kappa shape index (κ1) is 23.8. The Balaban J connectivity index is 1.94. The van der Waals surface area contributed by atoms with E-state index in [0.29, 0.717) is 28.3 Å². The van der Waals surface area contributed by atoms with Gasteiger partial charge >= 0.3 is 0 Å². The first-order valence-electron chi connectivity index (χ1n) is 11.1. The molecule has 178 valence electrons. The number of carbonyl (C=O) groups is 3. The molecular weight excluding hydrogens is 444 g/mol. The minimum absolute atomic E-state index is 0.00111. The van der Waals surface area contributed by atoms with E-state index in [1.165, 1.54) is 11.8 Å². The second kappa shape index (κ2) is 9.46. The number of nitrogens with one attached hydrogen (secondary N) is 1. The second-order valence-corrected chi connectivity index (χ2v) is 8.49. The van der Waals surface area contributed by atoms with E-state index < -0.39 is 17.7 Å². The summed E-state index contributed by atoms with van der Waals surface area (Å²) in [6.07, 6.45) is 0. The number of Topliss-reactive ketones (excluding diaryl/α,β-unsaturated/α-hetero) is 1. The van der Waals surface area contributed by atoms with Crippen molar-refractivity contribution in [3.63, 3.8) is 0 Å². The van der Waals surface area contributed by atoms with Crippen molar-refractivity contribution >= 4 is 34.7 Å². The quantitative estimate of drug-likeness (QED) is 0.314. The fraction of sp³-hybridized carbons (Fsp3) is 0.179. The maximum atomic E-state index is 13.4. The zero-order valence-electron chi connectivity index (χ0n) is 20.0. The summed E-state index contributed by atoms with van der Waals surface area (Å²) in [4.78, 5) is 39.7. The summed E-state index contributed by atoms with van der Waals surface area (Å²) in [5.41, 5.74) is 3.71. The van der Waals surface area contributed by atoms with Gasteiger partial charge in [0.25, 0.3) is 11.7 Å². The normalized spacial score (nSPS) is 16.9. The van der Waals surface area contributed by atoms with Gasteiger partial charge in [0.15, 0.2) is 0 Å². The fourth-order valence-corrected chi connectivity index (χ4v) is 4.27. The number of amides is 2. The Morgan fingerprint density at radius 2 is 1.71 bits per heavy atom. The van der Waals surface area contributed by atoms with Gasteiger partial charge in [-0.25, -0.2) is 0 Å². The van der Waals surface area contributed by atoms with E-state index in [2.05, 4.69) is 5.32 Å². The molecule has 3 aromatic carbocycles. The number of methoxy groups -OCH3 is 1. The van der Waals surface area contributed by atoms with Gasteiger partial charge in [-0.15, -0.1) is 0 Å². The van der Waals surface area contributed by atoms with E-state index in [4.69, 9.17) is 4.74 Å². The van der Waals surface area contributed by atoms with Crippen molar-refractivity contribution in [2.24, 2.45) is 0 Å².